The largest absolute Gasteiger partial charge is 0.338 e. The third kappa shape index (κ3) is 3.05. The summed E-state index contributed by atoms with van der Waals surface area (Å²) in [5.74, 6) is 0.852. The first-order valence-corrected chi connectivity index (χ1v) is 11.4. The van der Waals surface area contributed by atoms with E-state index < -0.39 is 0 Å². The van der Waals surface area contributed by atoms with Gasteiger partial charge in [-0.1, -0.05) is 30.8 Å². The molecule has 2 aromatic heterocycles. The third-order valence-electron chi connectivity index (χ3n) is 6.18. The molecular weight excluding hydrogens is 395 g/mol. The van der Waals surface area contributed by atoms with Gasteiger partial charge in [0, 0.05) is 35.1 Å². The Morgan fingerprint density at radius 3 is 2.73 bits per heavy atom. The zero-order valence-electron chi connectivity index (χ0n) is 17.4. The van der Waals surface area contributed by atoms with E-state index in [0.717, 1.165) is 40.1 Å². The van der Waals surface area contributed by atoms with Crippen molar-refractivity contribution >= 4 is 16.9 Å². The summed E-state index contributed by atoms with van der Waals surface area (Å²) in [6.07, 6.45) is 2.93. The predicted molar refractivity (Wildman–Crippen MR) is 121 cm³/mol. The molecular formula is C24H25FN4S. The Kier molecular flexibility index (Phi) is 4.89. The summed E-state index contributed by atoms with van der Waals surface area (Å²) in [4.78, 5) is 12.3. The second-order valence-electron chi connectivity index (χ2n) is 7.98. The highest BCUT2D eigenvalue weighted by atomic mass is 32.2. The van der Waals surface area contributed by atoms with Crippen molar-refractivity contribution < 1.29 is 4.39 Å². The number of pyridine rings is 1. The summed E-state index contributed by atoms with van der Waals surface area (Å²) >= 11 is 1.85. The maximum Gasteiger partial charge on any atom is 0.160 e. The fourth-order valence-corrected chi connectivity index (χ4v) is 6.12. The Morgan fingerprint density at radius 2 is 2.00 bits per heavy atom. The molecule has 0 spiro atoms. The molecule has 3 aromatic rings. The number of aryl methyl sites for hydroxylation is 1. The van der Waals surface area contributed by atoms with Crippen LogP contribution in [0.25, 0.3) is 5.69 Å². The SMILES string of the molecule is CC[C@@H]1CSC2=N[C@@H](c3ccccn3)[C@@H](c3cc(C)n(-c4cccc(F)c4)c3C)N21. The van der Waals surface area contributed by atoms with Gasteiger partial charge in [0.15, 0.2) is 5.17 Å². The Hall–Kier alpha value is -2.60. The minimum Gasteiger partial charge on any atom is -0.338 e. The fraction of sp³-hybridized carbons (Fsp3) is 0.333. The highest BCUT2D eigenvalue weighted by molar-refractivity contribution is 8.14. The van der Waals surface area contributed by atoms with Crippen LogP contribution in [-0.2, 0) is 0 Å². The first-order chi connectivity index (χ1) is 14.6. The van der Waals surface area contributed by atoms with Crippen LogP contribution in [0.3, 0.4) is 0 Å². The number of nitrogens with zero attached hydrogens (tertiary/aromatic N) is 4. The van der Waals surface area contributed by atoms with E-state index in [1.54, 1.807) is 12.1 Å². The van der Waals surface area contributed by atoms with E-state index in [-0.39, 0.29) is 17.9 Å². The topological polar surface area (TPSA) is 33.4 Å². The highest BCUT2D eigenvalue weighted by Crippen LogP contribution is 2.49. The van der Waals surface area contributed by atoms with E-state index in [0.29, 0.717) is 6.04 Å². The summed E-state index contributed by atoms with van der Waals surface area (Å²) < 4.78 is 16.1. The molecule has 3 atom stereocenters. The van der Waals surface area contributed by atoms with E-state index in [2.05, 4.69) is 47.4 Å². The van der Waals surface area contributed by atoms with E-state index in [4.69, 9.17) is 4.99 Å². The normalized spacial score (nSPS) is 23.0. The number of hydrogen-bond donors (Lipinski definition) is 0. The van der Waals surface area contributed by atoms with Crippen LogP contribution in [0, 0.1) is 19.7 Å². The lowest BCUT2D eigenvalue weighted by molar-refractivity contribution is 0.254. The van der Waals surface area contributed by atoms with E-state index in [1.165, 1.54) is 11.6 Å². The highest BCUT2D eigenvalue weighted by Gasteiger charge is 2.46. The van der Waals surface area contributed by atoms with Crippen LogP contribution in [0.5, 0.6) is 0 Å². The molecule has 6 heteroatoms. The number of benzene rings is 1. The van der Waals surface area contributed by atoms with Crippen LogP contribution in [0.2, 0.25) is 0 Å². The number of rotatable bonds is 4. The van der Waals surface area contributed by atoms with Gasteiger partial charge in [-0.2, -0.15) is 0 Å². The predicted octanol–water partition coefficient (Wildman–Crippen LogP) is 5.61. The van der Waals surface area contributed by atoms with Crippen LogP contribution in [-0.4, -0.2) is 31.4 Å². The average Bonchev–Trinajstić information content (AvgIpc) is 3.40. The summed E-state index contributed by atoms with van der Waals surface area (Å²) in [7, 11) is 0. The Balaban J connectivity index is 1.64. The average molecular weight is 421 g/mol. The molecule has 0 saturated carbocycles. The minimum atomic E-state index is -0.221. The first kappa shape index (κ1) is 19.4. The number of amidine groups is 1. The molecule has 154 valence electrons. The zero-order chi connectivity index (χ0) is 20.8. The second-order valence-corrected chi connectivity index (χ2v) is 8.97. The lowest BCUT2D eigenvalue weighted by atomic mass is 9.95. The summed E-state index contributed by atoms with van der Waals surface area (Å²) in [5.41, 5.74) is 5.32. The molecule has 2 aliphatic rings. The van der Waals surface area contributed by atoms with Crippen LogP contribution >= 0.6 is 11.8 Å². The molecule has 0 aliphatic carbocycles. The molecule has 1 aromatic carbocycles. The maximum atomic E-state index is 13.9. The number of aliphatic imine (C=N–C) groups is 1. The minimum absolute atomic E-state index is 0.0375. The summed E-state index contributed by atoms with van der Waals surface area (Å²) in [6, 6.07) is 15.6. The monoisotopic (exact) mass is 420 g/mol. The Labute approximate surface area is 180 Å². The van der Waals surface area contributed by atoms with Crippen molar-refractivity contribution in [2.24, 2.45) is 4.99 Å². The van der Waals surface area contributed by atoms with Gasteiger partial charge in [0.25, 0.3) is 0 Å². The van der Waals surface area contributed by atoms with Crippen molar-refractivity contribution in [3.8, 4) is 5.69 Å². The van der Waals surface area contributed by atoms with E-state index in [9.17, 15) is 4.39 Å². The molecule has 0 unspecified atom stereocenters. The lowest BCUT2D eigenvalue weighted by Crippen LogP contribution is -2.35. The lowest BCUT2D eigenvalue weighted by Gasteiger charge is -2.32. The molecule has 4 nitrogen and oxygen atoms in total. The molecule has 30 heavy (non-hydrogen) atoms. The maximum absolute atomic E-state index is 13.9. The molecule has 1 saturated heterocycles. The Bertz CT molecular complexity index is 1110. The zero-order valence-corrected chi connectivity index (χ0v) is 18.2. The van der Waals surface area contributed by atoms with Crippen molar-refractivity contribution in [3.63, 3.8) is 0 Å². The summed E-state index contributed by atoms with van der Waals surface area (Å²) in [5, 5.41) is 1.12. The van der Waals surface area contributed by atoms with Gasteiger partial charge in [-0.25, -0.2) is 4.39 Å². The first-order valence-electron chi connectivity index (χ1n) is 10.4. The van der Waals surface area contributed by atoms with Crippen molar-refractivity contribution in [3.05, 3.63) is 83.2 Å². The smallest absolute Gasteiger partial charge is 0.160 e. The van der Waals surface area contributed by atoms with Gasteiger partial charge in [0.2, 0.25) is 0 Å². The standard InChI is InChI=1S/C24H25FN4S/c1-4-18-14-30-24-27-22(21-10-5-6-11-26-21)23(29(18)24)20-12-15(2)28(16(20)3)19-9-7-8-17(25)13-19/h5-13,18,22-23H,4,14H2,1-3H3/t18-,22+,23-/m1/s1. The van der Waals surface area contributed by atoms with Crippen molar-refractivity contribution in [1.29, 1.82) is 0 Å². The number of fused-ring (bicyclic) bond motifs is 1. The molecule has 4 heterocycles. The third-order valence-corrected chi connectivity index (χ3v) is 7.31. The number of halogens is 1. The molecule has 1 fully saturated rings. The molecule has 0 radical (unpaired) electrons. The molecule has 0 amide bonds. The van der Waals surface area contributed by atoms with Crippen molar-refractivity contribution in [2.75, 3.05) is 5.75 Å². The van der Waals surface area contributed by atoms with Crippen LogP contribution in [0.4, 0.5) is 4.39 Å². The van der Waals surface area contributed by atoms with Gasteiger partial charge in [0.1, 0.15) is 11.9 Å². The fourth-order valence-electron chi connectivity index (χ4n) is 4.79. The van der Waals surface area contributed by atoms with Gasteiger partial charge in [0.05, 0.1) is 11.7 Å². The van der Waals surface area contributed by atoms with Crippen LogP contribution in [0.1, 0.15) is 48.1 Å². The molecule has 0 N–H and O–H groups in total. The van der Waals surface area contributed by atoms with E-state index >= 15 is 0 Å². The van der Waals surface area contributed by atoms with Crippen molar-refractivity contribution in [2.45, 2.75) is 45.3 Å². The Morgan fingerprint density at radius 1 is 1.13 bits per heavy atom. The number of aromatic nitrogens is 2. The van der Waals surface area contributed by atoms with Gasteiger partial charge < -0.3 is 9.47 Å². The van der Waals surface area contributed by atoms with Gasteiger partial charge in [-0.05, 0) is 62.2 Å². The molecule has 2 aliphatic heterocycles. The second kappa shape index (κ2) is 7.58. The van der Waals surface area contributed by atoms with Crippen molar-refractivity contribution in [1.82, 2.24) is 14.5 Å². The molecule has 5 rings (SSSR count). The van der Waals surface area contributed by atoms with Gasteiger partial charge in [-0.3, -0.25) is 9.98 Å². The number of thioether (sulfide) groups is 1. The molecule has 0 bridgehead atoms. The van der Waals surface area contributed by atoms with Gasteiger partial charge in [-0.15, -0.1) is 0 Å². The number of hydrogen-bond acceptors (Lipinski definition) is 4. The summed E-state index contributed by atoms with van der Waals surface area (Å²) in [6.45, 7) is 6.46. The quantitative estimate of drug-likeness (QED) is 0.550. The van der Waals surface area contributed by atoms with E-state index in [1.807, 2.05) is 36.2 Å². The van der Waals surface area contributed by atoms with Crippen LogP contribution in [0.15, 0.2) is 59.7 Å². The van der Waals surface area contributed by atoms with Crippen LogP contribution < -0.4 is 0 Å². The van der Waals surface area contributed by atoms with Gasteiger partial charge >= 0.3 is 0 Å².